The Balaban J connectivity index is 1.45. The number of hydrogen-bond donors (Lipinski definition) is 0. The highest BCUT2D eigenvalue weighted by Crippen LogP contribution is 2.47. The maximum Gasteiger partial charge on any atom is 0.224 e. The number of aryl methyl sites for hydroxylation is 1. The molecule has 4 rings (SSSR count). The molecule has 5 nitrogen and oxygen atoms in total. The molecule has 1 aliphatic carbocycles. The van der Waals surface area contributed by atoms with Gasteiger partial charge in [0.1, 0.15) is 11.6 Å². The Hall–Kier alpha value is -2.47. The molecule has 0 amide bonds. The van der Waals surface area contributed by atoms with Gasteiger partial charge in [-0.15, -0.1) is 0 Å². The molecular weight excluding hydrogens is 406 g/mol. The van der Waals surface area contributed by atoms with Crippen molar-refractivity contribution in [3.8, 4) is 22.8 Å². The second-order valence-corrected chi connectivity index (χ2v) is 7.59. The lowest BCUT2D eigenvalue weighted by atomic mass is 10.1. The van der Waals surface area contributed by atoms with Crippen LogP contribution < -0.4 is 9.47 Å². The molecule has 0 aliphatic heterocycles. The van der Waals surface area contributed by atoms with Crippen LogP contribution in [-0.2, 0) is 0 Å². The molecule has 2 aromatic heterocycles. The van der Waals surface area contributed by atoms with E-state index in [0.717, 1.165) is 33.5 Å². The van der Waals surface area contributed by atoms with Gasteiger partial charge in [0.25, 0.3) is 0 Å². The topological polar surface area (TPSA) is 57.1 Å². The van der Waals surface area contributed by atoms with Crippen molar-refractivity contribution in [3.05, 3.63) is 64.8 Å². The largest absolute Gasteiger partial charge is 0.495 e. The van der Waals surface area contributed by atoms with Crippen LogP contribution in [0.1, 0.15) is 23.9 Å². The fourth-order valence-electron chi connectivity index (χ4n) is 3.10. The average molecular weight is 426 g/mol. The van der Waals surface area contributed by atoms with E-state index < -0.39 is 0 Å². The molecule has 3 aromatic rings. The Bertz CT molecular complexity index is 929. The molecule has 0 unspecified atom stereocenters. The smallest absolute Gasteiger partial charge is 0.224 e. The molecule has 1 aliphatic rings. The fraction of sp³-hybridized carbons (Fsp3) is 0.286. The van der Waals surface area contributed by atoms with Crippen LogP contribution in [-0.4, -0.2) is 28.7 Å². The molecule has 1 aromatic carbocycles. The minimum absolute atomic E-state index is 0.440. The molecule has 0 saturated heterocycles. The third kappa shape index (κ3) is 4.11. The second-order valence-electron chi connectivity index (χ2n) is 6.68. The van der Waals surface area contributed by atoms with E-state index in [2.05, 4.69) is 30.9 Å². The third-order valence-corrected chi connectivity index (χ3v) is 5.29. The molecule has 0 radical (unpaired) electrons. The summed E-state index contributed by atoms with van der Waals surface area (Å²) in [6.07, 6.45) is 4.68. The lowest BCUT2D eigenvalue weighted by molar-refractivity contribution is 0.285. The summed E-state index contributed by atoms with van der Waals surface area (Å²) in [6, 6.07) is 12.1. The number of benzene rings is 1. The number of nitrogens with zero attached hydrogens (tertiary/aromatic N) is 3. The summed E-state index contributed by atoms with van der Waals surface area (Å²) >= 11 is 3.47. The van der Waals surface area contributed by atoms with Crippen LogP contribution >= 0.6 is 15.9 Å². The van der Waals surface area contributed by atoms with Crippen molar-refractivity contribution in [1.82, 2.24) is 15.0 Å². The molecule has 27 heavy (non-hydrogen) atoms. The predicted octanol–water partition coefficient (Wildman–Crippen LogP) is 4.80. The first-order chi connectivity index (χ1) is 13.1. The molecule has 2 heterocycles. The molecule has 0 spiro atoms. The summed E-state index contributed by atoms with van der Waals surface area (Å²) in [6.45, 7) is 2.50. The SMILES string of the molecule is COc1ccc([C@H]2C[C@@H]2COc2nc(C)ncc2-c2ccc(Br)cc2)nc1. The quantitative estimate of drug-likeness (QED) is 0.567. The molecule has 1 saturated carbocycles. The summed E-state index contributed by atoms with van der Waals surface area (Å²) in [5.74, 6) is 3.02. The number of aromatic nitrogens is 3. The van der Waals surface area contributed by atoms with E-state index >= 15 is 0 Å². The van der Waals surface area contributed by atoms with E-state index in [0.29, 0.717) is 30.1 Å². The van der Waals surface area contributed by atoms with Crippen LogP contribution in [0, 0.1) is 12.8 Å². The standard InChI is InChI=1S/C21H20BrN3O2/c1-13-23-11-19(14-3-5-16(22)6-4-14)21(25-13)27-12-15-9-18(15)20-8-7-17(26-2)10-24-20/h3-8,10-11,15,18H,9,12H2,1-2H3/t15-,18+/m1/s1. The van der Waals surface area contributed by atoms with E-state index in [-0.39, 0.29) is 0 Å². The zero-order valence-electron chi connectivity index (χ0n) is 15.2. The van der Waals surface area contributed by atoms with Crippen molar-refractivity contribution in [2.75, 3.05) is 13.7 Å². The van der Waals surface area contributed by atoms with Gasteiger partial charge in [0.2, 0.25) is 5.88 Å². The Kier molecular flexibility index (Phi) is 5.07. The van der Waals surface area contributed by atoms with Gasteiger partial charge in [-0.25, -0.2) is 4.98 Å². The first kappa shape index (κ1) is 17.9. The van der Waals surface area contributed by atoms with Gasteiger partial charge in [-0.1, -0.05) is 28.1 Å². The van der Waals surface area contributed by atoms with Crippen molar-refractivity contribution in [1.29, 1.82) is 0 Å². The van der Waals surface area contributed by atoms with Gasteiger partial charge in [-0.3, -0.25) is 4.98 Å². The minimum atomic E-state index is 0.440. The maximum absolute atomic E-state index is 6.11. The molecule has 2 atom stereocenters. The third-order valence-electron chi connectivity index (χ3n) is 4.76. The summed E-state index contributed by atoms with van der Waals surface area (Å²) in [5.41, 5.74) is 3.04. The lowest BCUT2D eigenvalue weighted by Gasteiger charge is -2.11. The maximum atomic E-state index is 6.11. The first-order valence-corrected chi connectivity index (χ1v) is 9.65. The molecule has 138 valence electrons. The molecule has 6 heteroatoms. The van der Waals surface area contributed by atoms with Gasteiger partial charge in [-0.2, -0.15) is 4.98 Å². The van der Waals surface area contributed by atoms with Crippen molar-refractivity contribution in [3.63, 3.8) is 0 Å². The van der Waals surface area contributed by atoms with Crippen molar-refractivity contribution in [2.45, 2.75) is 19.3 Å². The Morgan fingerprint density at radius 1 is 1.07 bits per heavy atom. The van der Waals surface area contributed by atoms with Crippen LogP contribution in [0.3, 0.4) is 0 Å². The fourth-order valence-corrected chi connectivity index (χ4v) is 3.36. The zero-order chi connectivity index (χ0) is 18.8. The lowest BCUT2D eigenvalue weighted by Crippen LogP contribution is -2.05. The van der Waals surface area contributed by atoms with Gasteiger partial charge in [0.05, 0.1) is 25.5 Å². The molecular formula is C21H20BrN3O2. The molecule has 0 N–H and O–H groups in total. The van der Waals surface area contributed by atoms with Gasteiger partial charge in [0.15, 0.2) is 0 Å². The second kappa shape index (κ2) is 7.64. The Morgan fingerprint density at radius 3 is 2.59 bits per heavy atom. The zero-order valence-corrected chi connectivity index (χ0v) is 16.8. The van der Waals surface area contributed by atoms with Crippen LogP contribution in [0.15, 0.2) is 53.3 Å². The number of methoxy groups -OCH3 is 1. The first-order valence-electron chi connectivity index (χ1n) is 8.86. The highest BCUT2D eigenvalue weighted by Gasteiger charge is 2.40. The highest BCUT2D eigenvalue weighted by atomic mass is 79.9. The Labute approximate surface area is 166 Å². The summed E-state index contributed by atoms with van der Waals surface area (Å²) < 4.78 is 12.3. The van der Waals surface area contributed by atoms with E-state index in [1.165, 1.54) is 0 Å². The van der Waals surface area contributed by atoms with E-state index in [1.807, 2.05) is 49.5 Å². The number of ether oxygens (including phenoxy) is 2. The number of rotatable bonds is 6. The number of pyridine rings is 1. The summed E-state index contributed by atoms with van der Waals surface area (Å²) in [4.78, 5) is 13.3. The van der Waals surface area contributed by atoms with Gasteiger partial charge in [0, 0.05) is 28.2 Å². The monoisotopic (exact) mass is 425 g/mol. The van der Waals surface area contributed by atoms with Gasteiger partial charge in [-0.05, 0) is 43.2 Å². The van der Waals surface area contributed by atoms with Crippen molar-refractivity contribution in [2.24, 2.45) is 5.92 Å². The van der Waals surface area contributed by atoms with Crippen molar-refractivity contribution >= 4 is 15.9 Å². The van der Waals surface area contributed by atoms with Gasteiger partial charge < -0.3 is 9.47 Å². The van der Waals surface area contributed by atoms with Crippen LogP contribution in [0.25, 0.3) is 11.1 Å². The summed E-state index contributed by atoms with van der Waals surface area (Å²) in [5, 5.41) is 0. The minimum Gasteiger partial charge on any atom is -0.495 e. The molecule has 0 bridgehead atoms. The van der Waals surface area contributed by atoms with Gasteiger partial charge >= 0.3 is 0 Å². The number of hydrogen-bond acceptors (Lipinski definition) is 5. The number of halogens is 1. The van der Waals surface area contributed by atoms with Crippen LogP contribution in [0.4, 0.5) is 0 Å². The van der Waals surface area contributed by atoms with E-state index in [1.54, 1.807) is 13.3 Å². The highest BCUT2D eigenvalue weighted by molar-refractivity contribution is 9.10. The van der Waals surface area contributed by atoms with E-state index in [9.17, 15) is 0 Å². The molecule has 1 fully saturated rings. The van der Waals surface area contributed by atoms with E-state index in [4.69, 9.17) is 9.47 Å². The van der Waals surface area contributed by atoms with Crippen LogP contribution in [0.2, 0.25) is 0 Å². The average Bonchev–Trinajstić information content (AvgIpc) is 3.47. The normalized spacial score (nSPS) is 18.2. The Morgan fingerprint density at radius 2 is 1.89 bits per heavy atom. The van der Waals surface area contributed by atoms with Crippen molar-refractivity contribution < 1.29 is 9.47 Å². The summed E-state index contributed by atoms with van der Waals surface area (Å²) in [7, 11) is 1.65. The van der Waals surface area contributed by atoms with Crippen LogP contribution in [0.5, 0.6) is 11.6 Å². The predicted molar refractivity (Wildman–Crippen MR) is 107 cm³/mol.